The molecule has 0 aromatic carbocycles. The highest BCUT2D eigenvalue weighted by Gasteiger charge is 2.07. The second-order valence-electron chi connectivity index (χ2n) is 3.10. The molecule has 1 aromatic heterocycles. The number of carbonyl (C=O) groups is 2. The van der Waals surface area contributed by atoms with Crippen molar-refractivity contribution in [2.75, 3.05) is 5.88 Å². The van der Waals surface area contributed by atoms with Crippen molar-refractivity contribution >= 4 is 23.5 Å². The van der Waals surface area contributed by atoms with Gasteiger partial charge >= 0.3 is 6.03 Å². The van der Waals surface area contributed by atoms with Crippen LogP contribution in [0.25, 0.3) is 0 Å². The molecule has 0 bridgehead atoms. The summed E-state index contributed by atoms with van der Waals surface area (Å²) in [4.78, 5) is 22.1. The van der Waals surface area contributed by atoms with Crippen LogP contribution in [0.3, 0.4) is 0 Å². The second kappa shape index (κ2) is 6.12. The zero-order valence-corrected chi connectivity index (χ0v) is 9.50. The molecule has 1 aromatic rings. The van der Waals surface area contributed by atoms with Gasteiger partial charge in [-0.15, -0.1) is 11.6 Å². The van der Waals surface area contributed by atoms with E-state index < -0.39 is 11.9 Å². The molecule has 0 atom stereocenters. The molecule has 0 unspecified atom stereocenters. The molecule has 0 spiro atoms. The van der Waals surface area contributed by atoms with E-state index in [1.54, 1.807) is 13.0 Å². The molecule has 7 heteroatoms. The molecule has 0 radical (unpaired) electrons. The zero-order chi connectivity index (χ0) is 12.0. The monoisotopic (exact) mass is 245 g/mol. The van der Waals surface area contributed by atoms with Crippen LogP contribution in [0.2, 0.25) is 0 Å². The van der Waals surface area contributed by atoms with E-state index in [1.807, 2.05) is 0 Å². The van der Waals surface area contributed by atoms with Crippen LogP contribution in [0.4, 0.5) is 4.79 Å². The third-order valence-corrected chi connectivity index (χ3v) is 1.87. The van der Waals surface area contributed by atoms with E-state index in [4.69, 9.17) is 16.1 Å². The molecule has 88 valence electrons. The average molecular weight is 246 g/mol. The molecule has 0 fully saturated rings. The minimum absolute atomic E-state index is 0.109. The van der Waals surface area contributed by atoms with E-state index in [0.29, 0.717) is 11.5 Å². The largest absolute Gasteiger partial charge is 0.361 e. The summed E-state index contributed by atoms with van der Waals surface area (Å²) in [5.74, 6) is 0.431. The average Bonchev–Trinajstić information content (AvgIpc) is 2.61. The van der Waals surface area contributed by atoms with Gasteiger partial charge in [0.1, 0.15) is 11.5 Å². The Balaban J connectivity index is 2.27. The molecule has 1 rings (SSSR count). The smallest absolute Gasteiger partial charge is 0.321 e. The predicted octanol–water partition coefficient (Wildman–Crippen LogP) is 0.938. The normalized spacial score (nSPS) is 9.88. The number of hydrogen-bond acceptors (Lipinski definition) is 4. The summed E-state index contributed by atoms with van der Waals surface area (Å²) in [6.07, 6.45) is 0.109. The second-order valence-corrected chi connectivity index (χ2v) is 3.48. The van der Waals surface area contributed by atoms with Crippen molar-refractivity contribution in [2.45, 2.75) is 19.9 Å². The number of aromatic nitrogens is 1. The Kier molecular flexibility index (Phi) is 4.78. The number of carbonyl (C=O) groups excluding carboxylic acids is 2. The summed E-state index contributed by atoms with van der Waals surface area (Å²) in [7, 11) is 0. The van der Waals surface area contributed by atoms with Crippen LogP contribution >= 0.6 is 11.6 Å². The fourth-order valence-corrected chi connectivity index (χ4v) is 1.16. The lowest BCUT2D eigenvalue weighted by atomic mass is 10.4. The SMILES string of the molecule is Cc1cc(CNC(=O)NC(=O)CCCl)no1. The van der Waals surface area contributed by atoms with Gasteiger partial charge < -0.3 is 9.84 Å². The van der Waals surface area contributed by atoms with Gasteiger partial charge in [0.05, 0.1) is 6.54 Å². The maximum atomic E-state index is 11.2. The molecule has 3 amide bonds. The van der Waals surface area contributed by atoms with Crippen molar-refractivity contribution in [3.8, 4) is 0 Å². The molecule has 0 aliphatic rings. The van der Waals surface area contributed by atoms with Crippen molar-refractivity contribution in [1.29, 1.82) is 0 Å². The molecule has 0 saturated heterocycles. The van der Waals surface area contributed by atoms with Crippen molar-refractivity contribution in [1.82, 2.24) is 15.8 Å². The standard InChI is InChI=1S/C9H12ClN3O3/c1-6-4-7(13-16-6)5-11-9(15)12-8(14)2-3-10/h4H,2-3,5H2,1H3,(H2,11,12,14,15). The van der Waals surface area contributed by atoms with Gasteiger partial charge in [-0.25, -0.2) is 4.79 Å². The summed E-state index contributed by atoms with van der Waals surface area (Å²) in [6, 6.07) is 1.12. The molecule has 1 heterocycles. The van der Waals surface area contributed by atoms with E-state index >= 15 is 0 Å². The van der Waals surface area contributed by atoms with Crippen molar-refractivity contribution in [2.24, 2.45) is 0 Å². The number of hydrogen-bond donors (Lipinski definition) is 2. The number of aryl methyl sites for hydroxylation is 1. The first kappa shape index (κ1) is 12.5. The highest BCUT2D eigenvalue weighted by atomic mass is 35.5. The maximum absolute atomic E-state index is 11.2. The lowest BCUT2D eigenvalue weighted by Gasteiger charge is -2.03. The number of nitrogens with zero attached hydrogens (tertiary/aromatic N) is 1. The van der Waals surface area contributed by atoms with Crippen molar-refractivity contribution < 1.29 is 14.1 Å². The summed E-state index contributed by atoms with van der Waals surface area (Å²) < 4.78 is 4.81. The minimum Gasteiger partial charge on any atom is -0.361 e. The van der Waals surface area contributed by atoms with Crippen LogP contribution in [0, 0.1) is 6.92 Å². The Morgan fingerprint density at radius 2 is 2.31 bits per heavy atom. The molecule has 0 saturated carbocycles. The summed E-state index contributed by atoms with van der Waals surface area (Å²) in [5, 5.41) is 8.27. The zero-order valence-electron chi connectivity index (χ0n) is 8.75. The number of imide groups is 1. The first-order chi connectivity index (χ1) is 7.61. The predicted molar refractivity (Wildman–Crippen MR) is 57.0 cm³/mol. The Labute approximate surface area is 97.3 Å². The summed E-state index contributed by atoms with van der Waals surface area (Å²) in [5.41, 5.74) is 0.595. The molecular weight excluding hydrogens is 234 g/mol. The topological polar surface area (TPSA) is 84.2 Å². The fourth-order valence-electron chi connectivity index (χ4n) is 0.991. The summed E-state index contributed by atoms with van der Waals surface area (Å²) >= 11 is 5.34. The minimum atomic E-state index is -0.573. The van der Waals surface area contributed by atoms with Crippen LogP contribution in [0.1, 0.15) is 17.9 Å². The molecule has 16 heavy (non-hydrogen) atoms. The van der Waals surface area contributed by atoms with Gasteiger partial charge in [-0.1, -0.05) is 5.16 Å². The third kappa shape index (κ3) is 4.31. The van der Waals surface area contributed by atoms with E-state index in [0.717, 1.165) is 0 Å². The van der Waals surface area contributed by atoms with Gasteiger partial charge in [-0.2, -0.15) is 0 Å². The number of amides is 3. The molecule has 2 N–H and O–H groups in total. The van der Waals surface area contributed by atoms with Gasteiger partial charge in [0, 0.05) is 18.4 Å². The number of alkyl halides is 1. The molecular formula is C9H12ClN3O3. The van der Waals surface area contributed by atoms with E-state index in [2.05, 4.69) is 15.8 Å². The third-order valence-electron chi connectivity index (χ3n) is 1.68. The fraction of sp³-hybridized carbons (Fsp3) is 0.444. The lowest BCUT2D eigenvalue weighted by Crippen LogP contribution is -2.39. The maximum Gasteiger partial charge on any atom is 0.321 e. The quantitative estimate of drug-likeness (QED) is 0.773. The molecule has 0 aliphatic carbocycles. The van der Waals surface area contributed by atoms with Gasteiger partial charge in [-0.05, 0) is 6.92 Å². The van der Waals surface area contributed by atoms with E-state index in [9.17, 15) is 9.59 Å². The number of urea groups is 1. The van der Waals surface area contributed by atoms with Gasteiger partial charge in [-0.3, -0.25) is 10.1 Å². The Bertz CT molecular complexity index is 378. The van der Waals surface area contributed by atoms with Gasteiger partial charge in [0.25, 0.3) is 0 Å². The lowest BCUT2D eigenvalue weighted by molar-refractivity contribution is -0.119. The van der Waals surface area contributed by atoms with E-state index in [-0.39, 0.29) is 18.8 Å². The van der Waals surface area contributed by atoms with Gasteiger partial charge in [0.2, 0.25) is 5.91 Å². The highest BCUT2D eigenvalue weighted by Crippen LogP contribution is 2.00. The Morgan fingerprint density at radius 1 is 1.56 bits per heavy atom. The highest BCUT2D eigenvalue weighted by molar-refractivity contribution is 6.19. The summed E-state index contributed by atoms with van der Waals surface area (Å²) in [6.45, 7) is 1.96. The Hall–Kier alpha value is -1.56. The Morgan fingerprint density at radius 3 is 2.88 bits per heavy atom. The van der Waals surface area contributed by atoms with E-state index in [1.165, 1.54) is 0 Å². The van der Waals surface area contributed by atoms with Crippen molar-refractivity contribution in [3.05, 3.63) is 17.5 Å². The molecule has 6 nitrogen and oxygen atoms in total. The van der Waals surface area contributed by atoms with Crippen LogP contribution < -0.4 is 10.6 Å². The number of nitrogens with one attached hydrogen (secondary N) is 2. The van der Waals surface area contributed by atoms with Crippen LogP contribution in [0.5, 0.6) is 0 Å². The van der Waals surface area contributed by atoms with Crippen molar-refractivity contribution in [3.63, 3.8) is 0 Å². The molecule has 0 aliphatic heterocycles. The van der Waals surface area contributed by atoms with Crippen LogP contribution in [0.15, 0.2) is 10.6 Å². The van der Waals surface area contributed by atoms with Crippen LogP contribution in [-0.4, -0.2) is 23.0 Å². The number of rotatable bonds is 4. The van der Waals surface area contributed by atoms with Crippen LogP contribution in [-0.2, 0) is 11.3 Å². The number of halogens is 1. The first-order valence-corrected chi connectivity index (χ1v) is 5.21. The van der Waals surface area contributed by atoms with Gasteiger partial charge in [0.15, 0.2) is 0 Å². The first-order valence-electron chi connectivity index (χ1n) is 4.67.